The van der Waals surface area contributed by atoms with Crippen molar-refractivity contribution in [1.29, 1.82) is 0 Å². The van der Waals surface area contributed by atoms with Crippen LogP contribution >= 0.6 is 0 Å². The molecule has 0 radical (unpaired) electrons. The summed E-state index contributed by atoms with van der Waals surface area (Å²) in [6.45, 7) is 12.0. The first-order chi connectivity index (χ1) is 14.5. The molecule has 0 N–H and O–H groups in total. The zero-order chi connectivity index (χ0) is 21.6. The molecule has 5 unspecified atom stereocenters. The van der Waals surface area contributed by atoms with Gasteiger partial charge < -0.3 is 0 Å². The quantitative estimate of drug-likeness (QED) is 0.404. The second-order valence-electron chi connectivity index (χ2n) is 12.5. The molecule has 4 rings (SSSR count). The minimum absolute atomic E-state index is 0.580. The van der Waals surface area contributed by atoms with Crippen molar-refractivity contribution in [3.05, 3.63) is 0 Å². The molecule has 4 aliphatic carbocycles. The van der Waals surface area contributed by atoms with Gasteiger partial charge in [-0.1, -0.05) is 105 Å². The monoisotopic (exact) mass is 416 g/mol. The molecule has 5 atom stereocenters. The number of fused-ring (bicyclic) bond motifs is 1. The molecular weight excluding hydrogens is 360 g/mol. The van der Waals surface area contributed by atoms with Gasteiger partial charge >= 0.3 is 0 Å². The largest absolute Gasteiger partial charge is 0.0683 e. The minimum atomic E-state index is 0.580. The summed E-state index contributed by atoms with van der Waals surface area (Å²) in [5, 5.41) is 0. The average Bonchev–Trinajstić information content (AvgIpc) is 3.11. The van der Waals surface area contributed by atoms with Crippen molar-refractivity contribution in [2.75, 3.05) is 0 Å². The van der Waals surface area contributed by atoms with Gasteiger partial charge in [0, 0.05) is 0 Å². The van der Waals surface area contributed by atoms with Crippen molar-refractivity contribution in [1.82, 2.24) is 0 Å². The van der Waals surface area contributed by atoms with Crippen molar-refractivity contribution >= 4 is 0 Å². The summed E-state index contributed by atoms with van der Waals surface area (Å²) >= 11 is 0. The lowest BCUT2D eigenvalue weighted by Crippen LogP contribution is -2.33. The molecule has 0 saturated heterocycles. The molecule has 0 aromatic rings. The first-order valence-corrected chi connectivity index (χ1v) is 14.5. The van der Waals surface area contributed by atoms with Crippen LogP contribution in [0.25, 0.3) is 0 Å². The highest BCUT2D eigenvalue weighted by atomic mass is 14.5. The highest BCUT2D eigenvalue weighted by Gasteiger charge is 2.44. The van der Waals surface area contributed by atoms with Crippen LogP contribution in [-0.4, -0.2) is 0 Å². The molecule has 4 saturated carbocycles. The van der Waals surface area contributed by atoms with E-state index in [1.807, 2.05) is 13.8 Å². The van der Waals surface area contributed by atoms with E-state index in [-0.39, 0.29) is 0 Å². The predicted octanol–water partition coefficient (Wildman–Crippen LogP) is 10.1. The van der Waals surface area contributed by atoms with E-state index in [1.54, 1.807) is 44.9 Å². The number of hydrogen-bond acceptors (Lipinski definition) is 0. The van der Waals surface area contributed by atoms with Crippen molar-refractivity contribution in [3.63, 3.8) is 0 Å². The Morgan fingerprint density at radius 3 is 1.93 bits per heavy atom. The summed E-state index contributed by atoms with van der Waals surface area (Å²) in [4.78, 5) is 0. The SMILES string of the molecule is CC.CC1C(CC(CC(C)(C)C2CCCCC2)C2CCCCC2)CC2CCCCC21. The van der Waals surface area contributed by atoms with E-state index in [9.17, 15) is 0 Å². The third-order valence-corrected chi connectivity index (χ3v) is 10.4. The van der Waals surface area contributed by atoms with Crippen LogP contribution in [0.2, 0.25) is 0 Å². The van der Waals surface area contributed by atoms with Gasteiger partial charge in [-0.2, -0.15) is 0 Å². The molecule has 0 aromatic carbocycles. The number of hydrogen-bond donors (Lipinski definition) is 0. The van der Waals surface area contributed by atoms with E-state index in [0.29, 0.717) is 5.41 Å². The highest BCUT2D eigenvalue weighted by Crippen LogP contribution is 2.53. The fraction of sp³-hybridized carbons (Fsp3) is 1.00. The van der Waals surface area contributed by atoms with E-state index in [2.05, 4.69) is 20.8 Å². The molecule has 0 spiro atoms. The second kappa shape index (κ2) is 11.7. The van der Waals surface area contributed by atoms with E-state index >= 15 is 0 Å². The fourth-order valence-corrected chi connectivity index (χ4v) is 8.65. The molecular formula is C30H56. The maximum Gasteiger partial charge on any atom is -0.0323 e. The van der Waals surface area contributed by atoms with Crippen LogP contribution < -0.4 is 0 Å². The first kappa shape index (κ1) is 24.6. The van der Waals surface area contributed by atoms with Crippen molar-refractivity contribution < 1.29 is 0 Å². The van der Waals surface area contributed by atoms with E-state index in [0.717, 1.165) is 41.4 Å². The summed E-state index contributed by atoms with van der Waals surface area (Å²) in [5.41, 5.74) is 0.580. The molecule has 176 valence electrons. The lowest BCUT2D eigenvalue weighted by Gasteiger charge is -2.43. The normalized spacial score (nSPS) is 34.7. The average molecular weight is 417 g/mol. The summed E-state index contributed by atoms with van der Waals surface area (Å²) in [5.74, 6) is 7.38. The molecule has 4 aliphatic rings. The van der Waals surface area contributed by atoms with Crippen LogP contribution in [0.15, 0.2) is 0 Å². The van der Waals surface area contributed by atoms with Gasteiger partial charge in [-0.05, 0) is 85.4 Å². The summed E-state index contributed by atoms with van der Waals surface area (Å²) in [6.07, 6.45) is 26.1. The van der Waals surface area contributed by atoms with E-state index < -0.39 is 0 Å². The Kier molecular flexibility index (Phi) is 9.65. The van der Waals surface area contributed by atoms with Crippen LogP contribution in [0.1, 0.15) is 144 Å². The van der Waals surface area contributed by atoms with Crippen molar-refractivity contribution in [2.24, 2.45) is 46.8 Å². The van der Waals surface area contributed by atoms with Crippen LogP contribution in [-0.2, 0) is 0 Å². The molecule has 0 nitrogen and oxygen atoms in total. The lowest BCUT2D eigenvalue weighted by atomic mass is 9.62. The van der Waals surface area contributed by atoms with E-state index in [4.69, 9.17) is 0 Å². The fourth-order valence-electron chi connectivity index (χ4n) is 8.65. The molecule has 30 heavy (non-hydrogen) atoms. The molecule has 0 aliphatic heterocycles. The maximum absolute atomic E-state index is 2.66. The molecule has 0 heterocycles. The van der Waals surface area contributed by atoms with Crippen LogP contribution in [0.3, 0.4) is 0 Å². The Bertz CT molecular complexity index is 464. The maximum atomic E-state index is 2.66. The van der Waals surface area contributed by atoms with Gasteiger partial charge in [0.05, 0.1) is 0 Å². The number of rotatable bonds is 6. The zero-order valence-electron chi connectivity index (χ0n) is 21.6. The summed E-state index contributed by atoms with van der Waals surface area (Å²) < 4.78 is 0. The third kappa shape index (κ3) is 6.07. The van der Waals surface area contributed by atoms with Gasteiger partial charge in [0.15, 0.2) is 0 Å². The third-order valence-electron chi connectivity index (χ3n) is 10.4. The summed E-state index contributed by atoms with van der Waals surface area (Å²) in [7, 11) is 0. The van der Waals surface area contributed by atoms with Gasteiger partial charge in [-0.25, -0.2) is 0 Å². The summed E-state index contributed by atoms with van der Waals surface area (Å²) in [6, 6.07) is 0. The Morgan fingerprint density at radius 2 is 1.30 bits per heavy atom. The molecule has 0 aromatic heterocycles. The van der Waals surface area contributed by atoms with Gasteiger partial charge in [-0.3, -0.25) is 0 Å². The second-order valence-corrected chi connectivity index (χ2v) is 12.5. The van der Waals surface area contributed by atoms with E-state index in [1.165, 1.54) is 64.2 Å². The molecule has 4 fully saturated rings. The first-order valence-electron chi connectivity index (χ1n) is 14.5. The minimum Gasteiger partial charge on any atom is -0.0683 e. The van der Waals surface area contributed by atoms with Gasteiger partial charge in [-0.15, -0.1) is 0 Å². The van der Waals surface area contributed by atoms with Crippen molar-refractivity contribution in [3.8, 4) is 0 Å². The Hall–Kier alpha value is 0. The highest BCUT2D eigenvalue weighted by molar-refractivity contribution is 4.94. The standard InChI is InChI=1S/C28H50.C2H6/c1-21-24(18-23-14-10-11-17-27(21)23)19-25(22-12-6-4-7-13-22)20-28(2,3)26-15-8-5-9-16-26;1-2/h21-27H,4-20H2,1-3H3;1-2H3. The van der Waals surface area contributed by atoms with Crippen LogP contribution in [0.4, 0.5) is 0 Å². The molecule has 0 heteroatoms. The van der Waals surface area contributed by atoms with Crippen molar-refractivity contribution in [2.45, 2.75) is 144 Å². The van der Waals surface area contributed by atoms with Gasteiger partial charge in [0.2, 0.25) is 0 Å². The zero-order valence-corrected chi connectivity index (χ0v) is 21.6. The Labute approximate surface area is 190 Å². The van der Waals surface area contributed by atoms with Crippen LogP contribution in [0, 0.1) is 46.8 Å². The van der Waals surface area contributed by atoms with Crippen LogP contribution in [0.5, 0.6) is 0 Å². The Balaban J connectivity index is 0.00000124. The van der Waals surface area contributed by atoms with Gasteiger partial charge in [0.1, 0.15) is 0 Å². The lowest BCUT2D eigenvalue weighted by molar-refractivity contribution is 0.0766. The predicted molar refractivity (Wildman–Crippen MR) is 134 cm³/mol. The topological polar surface area (TPSA) is 0 Å². The Morgan fingerprint density at radius 1 is 0.733 bits per heavy atom. The molecule has 0 bridgehead atoms. The van der Waals surface area contributed by atoms with Gasteiger partial charge in [0.25, 0.3) is 0 Å². The smallest absolute Gasteiger partial charge is 0.0323 e. The molecule has 0 amide bonds.